The average Bonchev–Trinajstić information content (AvgIpc) is 3.24. The van der Waals surface area contributed by atoms with E-state index < -0.39 is 0 Å². The highest BCUT2D eigenvalue weighted by Crippen LogP contribution is 2.34. The SMILES string of the molecule is O=C(Nc1ccc2c(c1)OCO2)C1CC(c2cccnc2)NN1. The lowest BCUT2D eigenvalue weighted by Gasteiger charge is -2.11. The zero-order valence-electron chi connectivity index (χ0n) is 12.3. The van der Waals surface area contributed by atoms with Gasteiger partial charge in [-0.3, -0.25) is 9.78 Å². The van der Waals surface area contributed by atoms with Crippen LogP contribution < -0.4 is 25.6 Å². The monoisotopic (exact) mass is 312 g/mol. The van der Waals surface area contributed by atoms with E-state index in [0.29, 0.717) is 23.6 Å². The van der Waals surface area contributed by atoms with Crippen molar-refractivity contribution in [2.45, 2.75) is 18.5 Å². The Morgan fingerprint density at radius 3 is 3.00 bits per heavy atom. The summed E-state index contributed by atoms with van der Waals surface area (Å²) in [5.41, 5.74) is 7.91. The first-order valence-electron chi connectivity index (χ1n) is 7.41. The Hall–Kier alpha value is -2.64. The molecule has 1 fully saturated rings. The fourth-order valence-corrected chi connectivity index (χ4v) is 2.73. The molecule has 1 saturated heterocycles. The highest BCUT2D eigenvalue weighted by Gasteiger charge is 2.30. The van der Waals surface area contributed by atoms with Crippen molar-refractivity contribution in [2.24, 2.45) is 0 Å². The van der Waals surface area contributed by atoms with E-state index in [-0.39, 0.29) is 24.8 Å². The molecule has 1 aromatic carbocycles. The molecule has 2 aliphatic heterocycles. The molecular weight excluding hydrogens is 296 g/mol. The van der Waals surface area contributed by atoms with Gasteiger partial charge >= 0.3 is 0 Å². The van der Waals surface area contributed by atoms with Crippen LogP contribution >= 0.6 is 0 Å². The molecule has 0 radical (unpaired) electrons. The molecule has 2 aromatic rings. The van der Waals surface area contributed by atoms with E-state index in [4.69, 9.17) is 9.47 Å². The first-order valence-corrected chi connectivity index (χ1v) is 7.41. The quantitative estimate of drug-likeness (QED) is 0.793. The molecule has 3 heterocycles. The molecule has 0 bridgehead atoms. The number of anilines is 1. The van der Waals surface area contributed by atoms with Crippen molar-refractivity contribution in [1.29, 1.82) is 0 Å². The van der Waals surface area contributed by atoms with Gasteiger partial charge in [0, 0.05) is 30.2 Å². The summed E-state index contributed by atoms with van der Waals surface area (Å²) in [4.78, 5) is 16.5. The molecule has 0 saturated carbocycles. The normalized spacial score (nSPS) is 22.1. The van der Waals surface area contributed by atoms with Gasteiger partial charge in [0.05, 0.1) is 0 Å². The number of nitrogens with zero attached hydrogens (tertiary/aromatic N) is 1. The lowest BCUT2D eigenvalue weighted by molar-refractivity contribution is -0.117. The van der Waals surface area contributed by atoms with Crippen molar-refractivity contribution < 1.29 is 14.3 Å². The van der Waals surface area contributed by atoms with Gasteiger partial charge in [-0.15, -0.1) is 0 Å². The predicted octanol–water partition coefficient (Wildman–Crippen LogP) is 1.36. The van der Waals surface area contributed by atoms with E-state index in [0.717, 1.165) is 5.56 Å². The van der Waals surface area contributed by atoms with Crippen molar-refractivity contribution >= 4 is 11.6 Å². The number of hydrazine groups is 1. The standard InChI is InChI=1S/C16H16N4O3/c21-16(18-11-3-4-14-15(6-11)23-9-22-14)13-7-12(19-20-13)10-2-1-5-17-8-10/h1-6,8,12-13,19-20H,7,9H2,(H,18,21). The number of carbonyl (C=O) groups is 1. The van der Waals surface area contributed by atoms with Crippen molar-refractivity contribution in [3.63, 3.8) is 0 Å². The zero-order chi connectivity index (χ0) is 15.6. The predicted molar refractivity (Wildman–Crippen MR) is 82.8 cm³/mol. The number of rotatable bonds is 3. The minimum absolute atomic E-state index is 0.0659. The summed E-state index contributed by atoms with van der Waals surface area (Å²) in [6.07, 6.45) is 4.19. The Kier molecular flexibility index (Phi) is 3.57. The topological polar surface area (TPSA) is 84.5 Å². The van der Waals surface area contributed by atoms with Crippen molar-refractivity contribution in [1.82, 2.24) is 15.8 Å². The third-order valence-corrected chi connectivity index (χ3v) is 3.95. The van der Waals surface area contributed by atoms with Crippen LogP contribution in [0.5, 0.6) is 11.5 Å². The van der Waals surface area contributed by atoms with E-state index in [1.807, 2.05) is 12.1 Å². The maximum absolute atomic E-state index is 12.4. The van der Waals surface area contributed by atoms with Crippen LogP contribution in [0.4, 0.5) is 5.69 Å². The van der Waals surface area contributed by atoms with Crippen molar-refractivity contribution in [3.05, 3.63) is 48.3 Å². The minimum atomic E-state index is -0.314. The van der Waals surface area contributed by atoms with Gasteiger partial charge in [0.2, 0.25) is 12.7 Å². The summed E-state index contributed by atoms with van der Waals surface area (Å²) >= 11 is 0. The van der Waals surface area contributed by atoms with Gasteiger partial charge in [-0.1, -0.05) is 6.07 Å². The fraction of sp³-hybridized carbons (Fsp3) is 0.250. The van der Waals surface area contributed by atoms with Crippen LogP contribution in [-0.2, 0) is 4.79 Å². The summed E-state index contributed by atoms with van der Waals surface area (Å²) < 4.78 is 10.6. The average molecular weight is 312 g/mol. The van der Waals surface area contributed by atoms with Crippen molar-refractivity contribution in [3.8, 4) is 11.5 Å². The second-order valence-electron chi connectivity index (χ2n) is 5.47. The minimum Gasteiger partial charge on any atom is -0.454 e. The Morgan fingerprint density at radius 1 is 1.22 bits per heavy atom. The summed E-state index contributed by atoms with van der Waals surface area (Å²) in [6, 6.07) is 8.98. The molecule has 1 amide bonds. The molecule has 2 aliphatic rings. The van der Waals surface area contributed by atoms with Crippen LogP contribution in [-0.4, -0.2) is 23.7 Å². The maximum Gasteiger partial charge on any atom is 0.242 e. The number of fused-ring (bicyclic) bond motifs is 1. The van der Waals surface area contributed by atoms with E-state index in [1.54, 1.807) is 30.6 Å². The van der Waals surface area contributed by atoms with E-state index >= 15 is 0 Å². The molecule has 0 spiro atoms. The second-order valence-corrected chi connectivity index (χ2v) is 5.47. The maximum atomic E-state index is 12.4. The lowest BCUT2D eigenvalue weighted by atomic mass is 10.0. The van der Waals surface area contributed by atoms with E-state index in [1.165, 1.54) is 0 Å². The van der Waals surface area contributed by atoms with Gasteiger partial charge in [0.1, 0.15) is 6.04 Å². The number of nitrogens with one attached hydrogen (secondary N) is 3. The Morgan fingerprint density at radius 2 is 2.13 bits per heavy atom. The highest BCUT2D eigenvalue weighted by atomic mass is 16.7. The number of carbonyl (C=O) groups excluding carboxylic acids is 1. The molecule has 7 nitrogen and oxygen atoms in total. The van der Waals surface area contributed by atoms with Crippen molar-refractivity contribution in [2.75, 3.05) is 12.1 Å². The molecule has 2 unspecified atom stereocenters. The third-order valence-electron chi connectivity index (χ3n) is 3.95. The number of hydrogen-bond donors (Lipinski definition) is 3. The van der Waals surface area contributed by atoms with Gasteiger partial charge in [-0.05, 0) is 30.2 Å². The van der Waals surface area contributed by atoms with Crippen LogP contribution in [0.2, 0.25) is 0 Å². The number of ether oxygens (including phenoxy) is 2. The summed E-state index contributed by atoms with van der Waals surface area (Å²) in [7, 11) is 0. The first-order chi connectivity index (χ1) is 11.3. The van der Waals surface area contributed by atoms with Gasteiger partial charge in [-0.25, -0.2) is 10.9 Å². The number of benzene rings is 1. The smallest absolute Gasteiger partial charge is 0.242 e. The molecule has 118 valence electrons. The Bertz CT molecular complexity index is 723. The molecule has 1 aromatic heterocycles. The molecule has 23 heavy (non-hydrogen) atoms. The summed E-state index contributed by atoms with van der Waals surface area (Å²) in [5, 5.41) is 2.89. The summed E-state index contributed by atoms with van der Waals surface area (Å²) in [6.45, 7) is 0.216. The number of amides is 1. The number of pyridine rings is 1. The molecule has 4 rings (SSSR count). The largest absolute Gasteiger partial charge is 0.454 e. The Balaban J connectivity index is 1.40. The molecule has 0 aliphatic carbocycles. The fourth-order valence-electron chi connectivity index (χ4n) is 2.73. The lowest BCUT2D eigenvalue weighted by Crippen LogP contribution is -2.39. The number of aromatic nitrogens is 1. The summed E-state index contributed by atoms with van der Waals surface area (Å²) in [5.74, 6) is 1.25. The van der Waals surface area contributed by atoms with Crippen LogP contribution in [0, 0.1) is 0 Å². The van der Waals surface area contributed by atoms with Gasteiger partial charge in [-0.2, -0.15) is 0 Å². The van der Waals surface area contributed by atoms with Crippen LogP contribution in [0.25, 0.3) is 0 Å². The van der Waals surface area contributed by atoms with E-state index in [2.05, 4.69) is 21.2 Å². The van der Waals surface area contributed by atoms with E-state index in [9.17, 15) is 4.79 Å². The second kappa shape index (κ2) is 5.86. The highest BCUT2D eigenvalue weighted by molar-refractivity contribution is 5.95. The molecule has 3 N–H and O–H groups in total. The van der Waals surface area contributed by atoms with Crippen LogP contribution in [0.3, 0.4) is 0 Å². The first kappa shape index (κ1) is 14.0. The molecule has 7 heteroatoms. The molecule has 2 atom stereocenters. The zero-order valence-corrected chi connectivity index (χ0v) is 12.3. The van der Waals surface area contributed by atoms with Crippen LogP contribution in [0.15, 0.2) is 42.7 Å². The van der Waals surface area contributed by atoms with Gasteiger partial charge in [0.25, 0.3) is 0 Å². The molecular formula is C16H16N4O3. The van der Waals surface area contributed by atoms with Crippen LogP contribution in [0.1, 0.15) is 18.0 Å². The number of hydrogen-bond acceptors (Lipinski definition) is 6. The Labute approximate surface area is 133 Å². The van der Waals surface area contributed by atoms with Gasteiger partial charge < -0.3 is 14.8 Å². The third kappa shape index (κ3) is 2.84. The van der Waals surface area contributed by atoms with Gasteiger partial charge in [0.15, 0.2) is 11.5 Å².